The number of carbonyl (C=O) groups excluding carboxylic acids is 1. The largest absolute Gasteiger partial charge is 0.294 e. The van der Waals surface area contributed by atoms with E-state index in [1.807, 2.05) is 60.7 Å². The molecule has 0 spiro atoms. The maximum Gasteiger partial charge on any atom is 0.165 e. The monoisotopic (exact) mass is 288 g/mol. The van der Waals surface area contributed by atoms with Crippen LogP contribution in [0.15, 0.2) is 65.6 Å². The van der Waals surface area contributed by atoms with Gasteiger partial charge in [-0.15, -0.1) is 11.8 Å². The van der Waals surface area contributed by atoms with Crippen LogP contribution >= 0.6 is 23.4 Å². The zero-order valence-electron chi connectivity index (χ0n) is 10.3. The van der Waals surface area contributed by atoms with Crippen LogP contribution in [0.3, 0.4) is 0 Å². The molecule has 1 nitrogen and oxygen atoms in total. The zero-order valence-corrected chi connectivity index (χ0v) is 11.8. The van der Waals surface area contributed by atoms with Gasteiger partial charge in [-0.3, -0.25) is 4.79 Å². The molecule has 0 amide bonds. The molecule has 96 valence electrons. The molecule has 0 aliphatic heterocycles. The molecule has 2 aromatic carbocycles. The number of hydrogen-bond donors (Lipinski definition) is 0. The van der Waals surface area contributed by atoms with Crippen LogP contribution in [0, 0.1) is 0 Å². The molecule has 0 bridgehead atoms. The molecular weight excluding hydrogens is 276 g/mol. The number of thioether (sulfide) groups is 1. The van der Waals surface area contributed by atoms with Gasteiger partial charge < -0.3 is 0 Å². The van der Waals surface area contributed by atoms with Gasteiger partial charge in [0, 0.05) is 9.92 Å². The van der Waals surface area contributed by atoms with E-state index in [1.165, 1.54) is 11.8 Å². The van der Waals surface area contributed by atoms with Gasteiger partial charge in [0.05, 0.1) is 5.75 Å². The average Bonchev–Trinajstić information content (AvgIpc) is 2.45. The van der Waals surface area contributed by atoms with Crippen molar-refractivity contribution in [2.45, 2.75) is 4.90 Å². The molecule has 0 fully saturated rings. The standard InChI is InChI=1S/C16H13ClOS/c17-14-7-10-16(11-8-14)19-12-15(18)9-6-13-4-2-1-3-5-13/h1-11H,12H2. The van der Waals surface area contributed by atoms with E-state index >= 15 is 0 Å². The second kappa shape index (κ2) is 7.17. The van der Waals surface area contributed by atoms with Crippen LogP contribution in [0.1, 0.15) is 5.56 Å². The highest BCUT2D eigenvalue weighted by Crippen LogP contribution is 2.20. The third kappa shape index (κ3) is 4.93. The summed E-state index contributed by atoms with van der Waals surface area (Å²) in [6, 6.07) is 17.3. The van der Waals surface area contributed by atoms with Crippen molar-refractivity contribution in [1.82, 2.24) is 0 Å². The summed E-state index contributed by atoms with van der Waals surface area (Å²) in [6.45, 7) is 0. The van der Waals surface area contributed by atoms with Crippen molar-refractivity contribution in [3.8, 4) is 0 Å². The SMILES string of the molecule is O=C(C=Cc1ccccc1)CSc1ccc(Cl)cc1. The molecule has 3 heteroatoms. The first kappa shape index (κ1) is 13.9. The van der Waals surface area contributed by atoms with Gasteiger partial charge in [0.1, 0.15) is 0 Å². The summed E-state index contributed by atoms with van der Waals surface area (Å²) in [5, 5.41) is 0.708. The molecule has 0 saturated carbocycles. The Kier molecular flexibility index (Phi) is 5.25. The van der Waals surface area contributed by atoms with Crippen molar-refractivity contribution in [3.63, 3.8) is 0 Å². The summed E-state index contributed by atoms with van der Waals surface area (Å²) >= 11 is 7.32. The molecule has 0 unspecified atom stereocenters. The minimum absolute atomic E-state index is 0.101. The van der Waals surface area contributed by atoms with E-state index in [9.17, 15) is 4.79 Å². The second-order valence-electron chi connectivity index (χ2n) is 3.95. The molecule has 0 aliphatic carbocycles. The zero-order chi connectivity index (χ0) is 13.5. The number of benzene rings is 2. The van der Waals surface area contributed by atoms with Gasteiger partial charge in [0.25, 0.3) is 0 Å². The van der Waals surface area contributed by atoms with Crippen molar-refractivity contribution in [3.05, 3.63) is 71.3 Å². The minimum Gasteiger partial charge on any atom is -0.294 e. The lowest BCUT2D eigenvalue weighted by atomic mass is 10.2. The molecule has 0 aliphatic rings. The Bertz CT molecular complexity index is 561. The number of halogens is 1. The molecule has 0 atom stereocenters. The molecular formula is C16H13ClOS. The summed E-state index contributed by atoms with van der Waals surface area (Å²) in [5.41, 5.74) is 1.03. The first-order valence-corrected chi connectivity index (χ1v) is 7.25. The van der Waals surface area contributed by atoms with Gasteiger partial charge in [-0.25, -0.2) is 0 Å². The summed E-state index contributed by atoms with van der Waals surface area (Å²) in [4.78, 5) is 12.8. The Morgan fingerprint density at radius 1 is 1.05 bits per heavy atom. The quantitative estimate of drug-likeness (QED) is 0.585. The van der Waals surface area contributed by atoms with Crippen LogP contribution in [0.2, 0.25) is 5.02 Å². The number of ketones is 1. The predicted molar refractivity (Wildman–Crippen MR) is 82.7 cm³/mol. The van der Waals surface area contributed by atoms with Gasteiger partial charge >= 0.3 is 0 Å². The van der Waals surface area contributed by atoms with E-state index in [-0.39, 0.29) is 5.78 Å². The van der Waals surface area contributed by atoms with Crippen molar-refractivity contribution >= 4 is 35.2 Å². The average molecular weight is 289 g/mol. The van der Waals surface area contributed by atoms with E-state index in [0.717, 1.165) is 10.5 Å². The third-order valence-corrected chi connectivity index (χ3v) is 3.74. The van der Waals surface area contributed by atoms with E-state index in [0.29, 0.717) is 10.8 Å². The van der Waals surface area contributed by atoms with Crippen molar-refractivity contribution < 1.29 is 4.79 Å². The van der Waals surface area contributed by atoms with E-state index < -0.39 is 0 Å². The van der Waals surface area contributed by atoms with Gasteiger partial charge in [-0.05, 0) is 35.9 Å². The Labute approximate surface area is 122 Å². The highest BCUT2D eigenvalue weighted by atomic mass is 35.5. The molecule has 2 rings (SSSR count). The molecule has 19 heavy (non-hydrogen) atoms. The maximum atomic E-state index is 11.7. The highest BCUT2D eigenvalue weighted by Gasteiger charge is 1.99. The molecule has 0 aromatic heterocycles. The Morgan fingerprint density at radius 2 is 1.74 bits per heavy atom. The predicted octanol–water partition coefficient (Wildman–Crippen LogP) is 4.71. The molecule has 2 aromatic rings. The summed E-state index contributed by atoms with van der Waals surface area (Å²) < 4.78 is 0. The topological polar surface area (TPSA) is 17.1 Å². The lowest BCUT2D eigenvalue weighted by molar-refractivity contribution is -0.112. The van der Waals surface area contributed by atoms with Crippen LogP contribution in [-0.2, 0) is 4.79 Å². The third-order valence-electron chi connectivity index (χ3n) is 2.46. The molecule has 0 radical (unpaired) electrons. The van der Waals surface area contributed by atoms with Crippen LogP contribution in [-0.4, -0.2) is 11.5 Å². The highest BCUT2D eigenvalue weighted by molar-refractivity contribution is 8.00. The van der Waals surface area contributed by atoms with Crippen LogP contribution < -0.4 is 0 Å². The molecule has 0 N–H and O–H groups in total. The van der Waals surface area contributed by atoms with E-state index in [4.69, 9.17) is 11.6 Å². The smallest absolute Gasteiger partial charge is 0.165 e. The first-order valence-electron chi connectivity index (χ1n) is 5.88. The van der Waals surface area contributed by atoms with Crippen LogP contribution in [0.25, 0.3) is 6.08 Å². The molecule has 0 heterocycles. The number of allylic oxidation sites excluding steroid dienone is 1. The fourth-order valence-corrected chi connectivity index (χ4v) is 2.35. The maximum absolute atomic E-state index is 11.7. The number of hydrogen-bond acceptors (Lipinski definition) is 2. The van der Waals surface area contributed by atoms with Gasteiger partial charge in [0.15, 0.2) is 5.78 Å². The fraction of sp³-hybridized carbons (Fsp3) is 0.0625. The van der Waals surface area contributed by atoms with E-state index in [2.05, 4.69) is 0 Å². The van der Waals surface area contributed by atoms with Crippen molar-refractivity contribution in [2.24, 2.45) is 0 Å². The lowest BCUT2D eigenvalue weighted by Gasteiger charge is -1.99. The van der Waals surface area contributed by atoms with Gasteiger partial charge in [0.2, 0.25) is 0 Å². The summed E-state index contributed by atoms with van der Waals surface area (Å²) in [7, 11) is 0. The second-order valence-corrected chi connectivity index (χ2v) is 5.44. The Balaban J connectivity index is 1.85. The lowest BCUT2D eigenvalue weighted by Crippen LogP contribution is -1.95. The first-order chi connectivity index (χ1) is 9.24. The fourth-order valence-electron chi connectivity index (χ4n) is 1.49. The van der Waals surface area contributed by atoms with Crippen molar-refractivity contribution in [2.75, 3.05) is 5.75 Å². The summed E-state index contributed by atoms with van der Waals surface area (Å²) in [6.07, 6.45) is 3.46. The van der Waals surface area contributed by atoms with E-state index in [1.54, 1.807) is 6.08 Å². The summed E-state index contributed by atoms with van der Waals surface area (Å²) in [5.74, 6) is 0.536. The number of rotatable bonds is 5. The molecule has 0 saturated heterocycles. The Hall–Kier alpha value is -1.51. The Morgan fingerprint density at radius 3 is 2.42 bits per heavy atom. The normalized spacial score (nSPS) is 10.8. The van der Waals surface area contributed by atoms with Crippen LogP contribution in [0.4, 0.5) is 0 Å². The van der Waals surface area contributed by atoms with Gasteiger partial charge in [-0.2, -0.15) is 0 Å². The number of carbonyl (C=O) groups is 1. The van der Waals surface area contributed by atoms with Crippen molar-refractivity contribution in [1.29, 1.82) is 0 Å². The van der Waals surface area contributed by atoms with Gasteiger partial charge in [-0.1, -0.05) is 48.0 Å². The minimum atomic E-state index is 0.101. The van der Waals surface area contributed by atoms with Crippen LogP contribution in [0.5, 0.6) is 0 Å².